The van der Waals surface area contributed by atoms with Crippen LogP contribution in [0.2, 0.25) is 109 Å². The van der Waals surface area contributed by atoms with Gasteiger partial charge in [-0.3, -0.25) is 0 Å². The molecule has 0 aliphatic rings. The van der Waals surface area contributed by atoms with Gasteiger partial charge in [0.15, 0.2) is 0 Å². The van der Waals surface area contributed by atoms with Crippen molar-refractivity contribution in [3.63, 3.8) is 0 Å². The molecule has 0 saturated heterocycles. The van der Waals surface area contributed by atoms with Crippen LogP contribution in [0.4, 0.5) is 0 Å². The summed E-state index contributed by atoms with van der Waals surface area (Å²) in [6.07, 6.45) is 0. The molecular formula is C36H90Hg3Si8. The van der Waals surface area contributed by atoms with E-state index in [1.54, 1.807) is 0 Å². The molecule has 0 amide bonds. The first kappa shape index (κ1) is 66.4. The van der Waals surface area contributed by atoms with Crippen molar-refractivity contribution >= 4 is 65.1 Å². The standard InChI is InChI=1S/2C12H30Si3.2C6H15Si.3Hg/c2*1-11(2,3)14(7,8)13-15(9,10)12(4,5)6;2*1-6(2,3)7(4)5;;;/h2*1-10H3;2*1-5H3;;;. The molecule has 0 rings (SSSR count). The van der Waals surface area contributed by atoms with Gasteiger partial charge in [-0.1, -0.05) is 203 Å². The van der Waals surface area contributed by atoms with Crippen LogP contribution >= 0.6 is 0 Å². The van der Waals surface area contributed by atoms with Crippen molar-refractivity contribution in [1.29, 1.82) is 0 Å². The maximum Gasteiger partial charge on any atom is 0.0470 e. The minimum Gasteiger partial charge on any atom is -0.0715 e. The van der Waals surface area contributed by atoms with E-state index >= 15 is 0 Å². The molecule has 0 aromatic heterocycles. The molecular weight excluding hydrogens is 1260 g/mol. The Hall–Kier alpha value is 4.54. The van der Waals surface area contributed by atoms with Crippen molar-refractivity contribution in [3.05, 3.63) is 0 Å². The fraction of sp³-hybridized carbons (Fsp3) is 1.00. The van der Waals surface area contributed by atoms with Gasteiger partial charge in [0, 0.05) is 148 Å². The van der Waals surface area contributed by atoms with Crippen LogP contribution in [0.3, 0.4) is 0 Å². The molecule has 0 aliphatic heterocycles. The molecule has 0 spiro atoms. The van der Waals surface area contributed by atoms with Gasteiger partial charge in [-0.2, -0.15) is 0 Å². The molecule has 0 aromatic carbocycles. The molecule has 0 N–H and O–H groups in total. The minimum absolute atomic E-state index is 0. The van der Waals surface area contributed by atoms with E-state index in [0.717, 1.165) is 0 Å². The third kappa shape index (κ3) is 28.6. The summed E-state index contributed by atoms with van der Waals surface area (Å²) in [5.41, 5.74) is 0. The average molecular weight is 1350 g/mol. The van der Waals surface area contributed by atoms with E-state index in [0.29, 0.717) is 30.2 Å². The van der Waals surface area contributed by atoms with Gasteiger partial charge >= 0.3 is 0 Å². The Morgan fingerprint density at radius 3 is 0.426 bits per heavy atom. The second-order valence-electron chi connectivity index (χ2n) is 22.2. The fourth-order valence-corrected chi connectivity index (χ4v) is 62.4. The van der Waals surface area contributed by atoms with Crippen molar-refractivity contribution in [2.45, 2.75) is 233 Å². The number of rotatable bonds is 4. The smallest absolute Gasteiger partial charge is 0.0470 e. The number of hydrogen-bond donors (Lipinski definition) is 0. The Kier molecular flexibility index (Phi) is 33.3. The quantitative estimate of drug-likeness (QED) is 0.246. The third-order valence-corrected chi connectivity index (χ3v) is 74.2. The normalized spacial score (nSPS) is 13.8. The second kappa shape index (κ2) is 23.6. The molecule has 0 aliphatic carbocycles. The molecule has 0 fully saturated rings. The van der Waals surface area contributed by atoms with Crippen LogP contribution in [-0.2, 0) is 83.0 Å². The maximum absolute atomic E-state index is 2.59. The first-order valence-electron chi connectivity index (χ1n) is 17.5. The molecule has 0 bridgehead atoms. The van der Waals surface area contributed by atoms with Crippen molar-refractivity contribution in [1.82, 2.24) is 0 Å². The summed E-state index contributed by atoms with van der Waals surface area (Å²) in [5.74, 6) is 0. The largest absolute Gasteiger partial charge is 0.0715 e. The predicted molar refractivity (Wildman–Crippen MR) is 235 cm³/mol. The summed E-state index contributed by atoms with van der Waals surface area (Å²) in [6.45, 7) is 73.3. The van der Waals surface area contributed by atoms with Crippen LogP contribution in [-0.4, -0.2) is 65.1 Å². The zero-order valence-electron chi connectivity index (χ0n) is 39.1. The van der Waals surface area contributed by atoms with Crippen LogP contribution in [0.1, 0.15) is 125 Å². The SMILES string of the molecule is CC(C)(C)[Si](C)(C)[Si][Si](C)(C)C(C)(C)C.CC(C)(C)[Si](C)(C)[Si][Si](C)(C)C(C)(C)C.C[Si](C)C(C)(C)C.C[Si](C)C(C)(C)C.[Hg].[Hg].[Hg]. The third-order valence-electron chi connectivity index (χ3n) is 11.8. The maximum atomic E-state index is 2.59. The Bertz CT molecular complexity index is 681. The Balaban J connectivity index is -0.0000000940. The zero-order chi connectivity index (χ0) is 37.6. The van der Waals surface area contributed by atoms with Crippen LogP contribution in [0.25, 0.3) is 0 Å². The summed E-state index contributed by atoms with van der Waals surface area (Å²) in [6, 6.07) is 0. The Labute approximate surface area is 376 Å². The van der Waals surface area contributed by atoms with E-state index in [4.69, 9.17) is 0 Å². The number of hydrogen-bond acceptors (Lipinski definition) is 0. The first-order valence-corrected chi connectivity index (χ1v) is 40.5. The van der Waals surface area contributed by atoms with Crippen molar-refractivity contribution in [2.24, 2.45) is 0 Å². The summed E-state index contributed by atoms with van der Waals surface area (Å²) in [5, 5.41) is 3.43. The van der Waals surface area contributed by atoms with Gasteiger partial charge in [-0.05, 0) is 30.2 Å². The van der Waals surface area contributed by atoms with E-state index in [-0.39, 0.29) is 101 Å². The first-order chi connectivity index (χ1) is 18.3. The zero-order valence-corrected chi connectivity index (χ0v) is 63.6. The van der Waals surface area contributed by atoms with E-state index in [1.807, 2.05) is 0 Å². The second-order valence-corrected chi connectivity index (χ2v) is 69.8. The van der Waals surface area contributed by atoms with Crippen LogP contribution in [0.5, 0.6) is 0 Å². The van der Waals surface area contributed by atoms with E-state index in [2.05, 4.69) is 203 Å². The van der Waals surface area contributed by atoms with E-state index in [9.17, 15) is 0 Å². The van der Waals surface area contributed by atoms with Gasteiger partial charge in [0.1, 0.15) is 0 Å². The van der Waals surface area contributed by atoms with Crippen molar-refractivity contribution < 1.29 is 83.0 Å². The minimum atomic E-state index is -1.06. The Morgan fingerprint density at radius 1 is 0.298 bits per heavy atom. The van der Waals surface area contributed by atoms with Gasteiger partial charge in [0.05, 0.1) is 0 Å². The fourth-order valence-electron chi connectivity index (χ4n) is 2.31. The molecule has 11 heteroatoms. The topological polar surface area (TPSA) is 0 Å². The molecule has 47 heavy (non-hydrogen) atoms. The molecule has 0 atom stereocenters. The average Bonchev–Trinajstić information content (AvgIpc) is 2.62. The molecule has 0 nitrogen and oxygen atoms in total. The van der Waals surface area contributed by atoms with Crippen molar-refractivity contribution in [2.75, 3.05) is 0 Å². The molecule has 0 saturated carbocycles. The van der Waals surface area contributed by atoms with Gasteiger partial charge in [-0.15, -0.1) is 0 Å². The molecule has 6 radical (unpaired) electrons. The summed E-state index contributed by atoms with van der Waals surface area (Å²) in [4.78, 5) is 0. The van der Waals surface area contributed by atoms with E-state index < -0.39 is 30.4 Å². The van der Waals surface area contributed by atoms with Gasteiger partial charge in [0.2, 0.25) is 0 Å². The predicted octanol–water partition coefficient (Wildman–Crippen LogP) is 14.5. The van der Waals surface area contributed by atoms with Gasteiger partial charge < -0.3 is 0 Å². The molecule has 0 heterocycles. The van der Waals surface area contributed by atoms with Gasteiger partial charge in [-0.25, -0.2) is 0 Å². The summed E-state index contributed by atoms with van der Waals surface area (Å²) < 4.78 is 0. The van der Waals surface area contributed by atoms with Crippen LogP contribution in [0, 0.1) is 0 Å². The Morgan fingerprint density at radius 2 is 0.383 bits per heavy atom. The van der Waals surface area contributed by atoms with E-state index in [1.165, 1.54) is 17.1 Å². The molecule has 272 valence electrons. The monoisotopic (exact) mass is 1350 g/mol. The summed E-state index contributed by atoms with van der Waals surface area (Å²) in [7, 11) is -1.81. The van der Waals surface area contributed by atoms with Crippen LogP contribution < -0.4 is 0 Å². The van der Waals surface area contributed by atoms with Gasteiger partial charge in [0.25, 0.3) is 0 Å². The van der Waals surface area contributed by atoms with Crippen LogP contribution in [0.15, 0.2) is 0 Å². The summed E-state index contributed by atoms with van der Waals surface area (Å²) >= 11 is 0. The molecule has 0 aromatic rings. The molecule has 0 unspecified atom stereocenters. The van der Waals surface area contributed by atoms with Crippen molar-refractivity contribution in [3.8, 4) is 0 Å².